The van der Waals surface area contributed by atoms with Gasteiger partial charge in [0.2, 0.25) is 5.88 Å². The molecule has 4 nitrogen and oxygen atoms in total. The van der Waals surface area contributed by atoms with Crippen LogP contribution in [-0.2, 0) is 0 Å². The highest BCUT2D eigenvalue weighted by atomic mass is 32.2. The number of pyridine rings is 1. The molecule has 5 heteroatoms. The molecule has 0 spiro atoms. The smallest absolute Gasteiger partial charge is 0.213 e. The van der Waals surface area contributed by atoms with Crippen LogP contribution in [0.1, 0.15) is 27.2 Å². The highest BCUT2D eigenvalue weighted by Crippen LogP contribution is 2.23. The fourth-order valence-electron chi connectivity index (χ4n) is 1.89. The van der Waals surface area contributed by atoms with Gasteiger partial charge in [0.05, 0.1) is 24.5 Å². The van der Waals surface area contributed by atoms with Crippen LogP contribution in [0.2, 0.25) is 0 Å². The van der Waals surface area contributed by atoms with E-state index in [0.29, 0.717) is 24.4 Å². The predicted octanol–water partition coefficient (Wildman–Crippen LogP) is 3.41. The fraction of sp³-hybridized carbons (Fsp3) is 0.571. The number of nitrogens with one attached hydrogen (secondary N) is 1. The average molecular weight is 279 g/mol. The molecule has 1 N–H and O–H groups in total. The van der Waals surface area contributed by atoms with Crippen molar-refractivity contribution in [1.82, 2.24) is 4.98 Å². The first kappa shape index (κ1) is 14.2. The topological polar surface area (TPSA) is 46.5 Å². The van der Waals surface area contributed by atoms with Crippen molar-refractivity contribution in [3.63, 3.8) is 0 Å². The van der Waals surface area contributed by atoms with Gasteiger partial charge in [0.15, 0.2) is 5.17 Å². The Morgan fingerprint density at radius 2 is 2.32 bits per heavy atom. The van der Waals surface area contributed by atoms with Gasteiger partial charge in [0.1, 0.15) is 0 Å². The van der Waals surface area contributed by atoms with E-state index in [1.165, 1.54) is 0 Å². The summed E-state index contributed by atoms with van der Waals surface area (Å²) in [6.45, 7) is 7.03. The number of nitrogens with zero attached hydrogens (tertiary/aromatic N) is 2. The molecule has 0 saturated heterocycles. The van der Waals surface area contributed by atoms with Gasteiger partial charge in [-0.15, -0.1) is 0 Å². The van der Waals surface area contributed by atoms with E-state index >= 15 is 0 Å². The Labute approximate surface area is 119 Å². The molecule has 0 aliphatic carbocycles. The van der Waals surface area contributed by atoms with Crippen LogP contribution in [0.25, 0.3) is 0 Å². The van der Waals surface area contributed by atoms with Crippen molar-refractivity contribution >= 4 is 22.6 Å². The first-order valence-electron chi connectivity index (χ1n) is 6.75. The molecule has 104 valence electrons. The minimum absolute atomic E-state index is 0.430. The Hall–Kier alpha value is -1.23. The summed E-state index contributed by atoms with van der Waals surface area (Å²) in [5, 5.41) is 4.33. The molecule has 0 fully saturated rings. The van der Waals surface area contributed by atoms with Crippen LogP contribution in [0.3, 0.4) is 0 Å². The maximum Gasteiger partial charge on any atom is 0.213 e. The standard InChI is InChI=1S/C14H21N3OS/c1-4-18-13-6-5-11(9-15-13)16-14-17-12(10(2)3)7-8-19-14/h5-6,9-10,12H,4,7-8H2,1-3H3,(H,16,17). The summed E-state index contributed by atoms with van der Waals surface area (Å²) < 4.78 is 5.33. The molecule has 2 heterocycles. The first-order chi connectivity index (χ1) is 9.19. The zero-order chi connectivity index (χ0) is 13.7. The van der Waals surface area contributed by atoms with E-state index in [4.69, 9.17) is 9.73 Å². The zero-order valence-corrected chi connectivity index (χ0v) is 12.5. The Kier molecular flexibility index (Phi) is 5.07. The third kappa shape index (κ3) is 4.13. The van der Waals surface area contributed by atoms with Crippen LogP contribution in [0.15, 0.2) is 23.3 Å². The number of amidine groups is 1. The molecular formula is C14H21N3OS. The first-order valence-corrected chi connectivity index (χ1v) is 7.74. The summed E-state index contributed by atoms with van der Waals surface area (Å²) in [6.07, 6.45) is 2.95. The van der Waals surface area contributed by atoms with Crippen molar-refractivity contribution in [2.75, 3.05) is 17.7 Å². The van der Waals surface area contributed by atoms with E-state index in [1.807, 2.05) is 19.1 Å². The maximum atomic E-state index is 5.33. The Morgan fingerprint density at radius 1 is 1.47 bits per heavy atom. The molecule has 19 heavy (non-hydrogen) atoms. The third-order valence-electron chi connectivity index (χ3n) is 2.98. The summed E-state index contributed by atoms with van der Waals surface area (Å²) in [7, 11) is 0. The highest BCUT2D eigenvalue weighted by Gasteiger charge is 2.18. The van der Waals surface area contributed by atoms with Crippen LogP contribution in [0.5, 0.6) is 5.88 Å². The summed E-state index contributed by atoms with van der Waals surface area (Å²) in [5.41, 5.74) is 0.958. The van der Waals surface area contributed by atoms with E-state index in [0.717, 1.165) is 23.0 Å². The normalized spacial score (nSPS) is 19.2. The molecule has 0 bridgehead atoms. The van der Waals surface area contributed by atoms with Gasteiger partial charge in [-0.05, 0) is 25.3 Å². The summed E-state index contributed by atoms with van der Waals surface area (Å²) in [5.74, 6) is 2.38. The number of anilines is 1. The highest BCUT2D eigenvalue weighted by molar-refractivity contribution is 8.14. The van der Waals surface area contributed by atoms with Crippen LogP contribution in [0, 0.1) is 5.92 Å². The zero-order valence-electron chi connectivity index (χ0n) is 11.7. The molecule has 0 amide bonds. The lowest BCUT2D eigenvalue weighted by Crippen LogP contribution is -2.23. The SMILES string of the molecule is CCOc1ccc(NC2=NC(C(C)C)CCS2)cn1. The van der Waals surface area contributed by atoms with E-state index in [2.05, 4.69) is 24.1 Å². The van der Waals surface area contributed by atoms with Crippen LogP contribution < -0.4 is 10.1 Å². The number of ether oxygens (including phenoxy) is 1. The van der Waals surface area contributed by atoms with Gasteiger partial charge >= 0.3 is 0 Å². The second kappa shape index (κ2) is 6.80. The lowest BCUT2D eigenvalue weighted by Gasteiger charge is -2.23. The molecule has 1 aromatic rings. The van der Waals surface area contributed by atoms with Crippen molar-refractivity contribution in [3.8, 4) is 5.88 Å². The van der Waals surface area contributed by atoms with Crippen molar-refractivity contribution in [1.29, 1.82) is 0 Å². The Morgan fingerprint density at radius 3 is 2.95 bits per heavy atom. The summed E-state index contributed by atoms with van der Waals surface area (Å²) in [6, 6.07) is 4.28. The molecular weight excluding hydrogens is 258 g/mol. The minimum atomic E-state index is 0.430. The molecule has 2 rings (SSSR count). The molecule has 1 aromatic heterocycles. The molecule has 0 aromatic carbocycles. The van der Waals surface area contributed by atoms with Crippen molar-refractivity contribution < 1.29 is 4.74 Å². The Balaban J connectivity index is 2.00. The van der Waals surface area contributed by atoms with Crippen LogP contribution in [0.4, 0.5) is 5.69 Å². The number of hydrogen-bond acceptors (Lipinski definition) is 5. The molecule has 1 aliphatic heterocycles. The predicted molar refractivity (Wildman–Crippen MR) is 82.2 cm³/mol. The largest absolute Gasteiger partial charge is 0.478 e. The number of aliphatic imine (C=N–C) groups is 1. The maximum absolute atomic E-state index is 5.33. The lowest BCUT2D eigenvalue weighted by molar-refractivity contribution is 0.327. The van der Waals surface area contributed by atoms with E-state index < -0.39 is 0 Å². The number of thioether (sulfide) groups is 1. The van der Waals surface area contributed by atoms with Gasteiger partial charge in [-0.1, -0.05) is 25.6 Å². The van der Waals surface area contributed by atoms with Crippen LogP contribution in [-0.4, -0.2) is 28.6 Å². The van der Waals surface area contributed by atoms with Crippen molar-refractivity contribution in [3.05, 3.63) is 18.3 Å². The molecule has 1 unspecified atom stereocenters. The third-order valence-corrected chi connectivity index (χ3v) is 3.91. The molecule has 0 saturated carbocycles. The quantitative estimate of drug-likeness (QED) is 0.917. The van der Waals surface area contributed by atoms with Gasteiger partial charge in [-0.25, -0.2) is 4.98 Å². The number of aromatic nitrogens is 1. The lowest BCUT2D eigenvalue weighted by atomic mass is 10.0. The van der Waals surface area contributed by atoms with E-state index in [1.54, 1.807) is 18.0 Å². The van der Waals surface area contributed by atoms with Gasteiger partial charge < -0.3 is 10.1 Å². The van der Waals surface area contributed by atoms with Gasteiger partial charge in [0, 0.05) is 11.8 Å². The second-order valence-electron chi connectivity index (χ2n) is 4.83. The average Bonchev–Trinajstić information content (AvgIpc) is 2.42. The molecule has 1 atom stereocenters. The van der Waals surface area contributed by atoms with Crippen LogP contribution >= 0.6 is 11.8 Å². The summed E-state index contributed by atoms with van der Waals surface area (Å²) >= 11 is 1.77. The van der Waals surface area contributed by atoms with Gasteiger partial charge in [-0.2, -0.15) is 0 Å². The van der Waals surface area contributed by atoms with Gasteiger partial charge in [-0.3, -0.25) is 4.99 Å². The second-order valence-corrected chi connectivity index (χ2v) is 5.91. The van der Waals surface area contributed by atoms with Crippen molar-refractivity contribution in [2.45, 2.75) is 33.2 Å². The van der Waals surface area contributed by atoms with Crippen molar-refractivity contribution in [2.24, 2.45) is 10.9 Å². The summed E-state index contributed by atoms with van der Waals surface area (Å²) in [4.78, 5) is 8.98. The van der Waals surface area contributed by atoms with E-state index in [9.17, 15) is 0 Å². The monoisotopic (exact) mass is 279 g/mol. The minimum Gasteiger partial charge on any atom is -0.478 e. The number of hydrogen-bond donors (Lipinski definition) is 1. The molecule has 1 aliphatic rings. The fourth-order valence-corrected chi connectivity index (χ4v) is 2.84. The molecule has 0 radical (unpaired) electrons. The Bertz CT molecular complexity index is 431. The van der Waals surface area contributed by atoms with Gasteiger partial charge in [0.25, 0.3) is 0 Å². The number of rotatable bonds is 4. The van der Waals surface area contributed by atoms with E-state index in [-0.39, 0.29) is 0 Å².